The smallest absolute Gasteiger partial charge is 0.381 e. The van der Waals surface area contributed by atoms with Crippen molar-refractivity contribution < 1.29 is 22.7 Å². The van der Waals surface area contributed by atoms with Crippen molar-refractivity contribution in [1.29, 1.82) is 0 Å². The van der Waals surface area contributed by atoms with Gasteiger partial charge >= 0.3 is 6.18 Å². The Hall–Kier alpha value is -1.22. The average Bonchev–Trinajstić information content (AvgIpc) is 2.67. The number of hydrogen-bond donors (Lipinski definition) is 1. The van der Waals surface area contributed by atoms with Gasteiger partial charge in [-0.25, -0.2) is 0 Å². The van der Waals surface area contributed by atoms with Crippen LogP contribution in [0.5, 0.6) is 0 Å². The molecule has 1 spiro atoms. The Bertz CT molecular complexity index is 525. The van der Waals surface area contributed by atoms with E-state index in [1.54, 1.807) is 0 Å². The number of anilines is 1. The van der Waals surface area contributed by atoms with E-state index in [2.05, 4.69) is 15.5 Å². The van der Waals surface area contributed by atoms with Gasteiger partial charge in [0.1, 0.15) is 5.01 Å². The second kappa shape index (κ2) is 4.66. The van der Waals surface area contributed by atoms with E-state index < -0.39 is 12.6 Å². The van der Waals surface area contributed by atoms with Crippen molar-refractivity contribution in [1.82, 2.24) is 10.2 Å². The van der Waals surface area contributed by atoms with Crippen molar-refractivity contribution in [2.24, 2.45) is 11.3 Å². The summed E-state index contributed by atoms with van der Waals surface area (Å²) in [6.07, 6.45) is -3.81. The molecule has 2 atom stereocenters. The first-order chi connectivity index (χ1) is 9.38. The Morgan fingerprint density at radius 2 is 2.30 bits per heavy atom. The molecule has 9 heteroatoms. The maximum Gasteiger partial charge on any atom is 0.395 e. The number of rotatable bonds is 3. The molecular weight excluding hydrogens is 295 g/mol. The van der Waals surface area contributed by atoms with Crippen LogP contribution in [0.2, 0.25) is 0 Å². The molecule has 0 radical (unpaired) electrons. The summed E-state index contributed by atoms with van der Waals surface area (Å²) in [6.45, 7) is 1.25. The molecule has 2 aliphatic rings. The molecule has 3 rings (SSSR count). The Morgan fingerprint density at radius 1 is 1.50 bits per heavy atom. The molecule has 1 amide bonds. The lowest BCUT2D eigenvalue weighted by atomic mass is 10.0. The highest BCUT2D eigenvalue weighted by molar-refractivity contribution is 7.15. The Morgan fingerprint density at radius 3 is 2.95 bits per heavy atom. The number of hydrogen-bond acceptors (Lipinski definition) is 5. The minimum absolute atomic E-state index is 0.0520. The van der Waals surface area contributed by atoms with Crippen LogP contribution < -0.4 is 5.32 Å². The van der Waals surface area contributed by atoms with Gasteiger partial charge in [0, 0.05) is 17.9 Å². The number of halogens is 3. The van der Waals surface area contributed by atoms with Crippen LogP contribution in [0.4, 0.5) is 18.3 Å². The maximum absolute atomic E-state index is 12.2. The van der Waals surface area contributed by atoms with Crippen LogP contribution in [0.15, 0.2) is 0 Å². The lowest BCUT2D eigenvalue weighted by Gasteiger charge is -2.05. The van der Waals surface area contributed by atoms with E-state index in [-0.39, 0.29) is 27.4 Å². The molecule has 110 valence electrons. The van der Waals surface area contributed by atoms with Gasteiger partial charge in [-0.1, -0.05) is 11.3 Å². The lowest BCUT2D eigenvalue weighted by molar-refractivity contribution is -0.127. The Labute approximate surface area is 116 Å². The Balaban J connectivity index is 1.57. The number of carbonyl (C=O) groups is 1. The molecule has 1 saturated carbocycles. The third kappa shape index (κ3) is 2.78. The zero-order chi connectivity index (χ0) is 14.4. The fourth-order valence-corrected chi connectivity index (χ4v) is 3.29. The number of aromatic nitrogens is 2. The van der Waals surface area contributed by atoms with Crippen LogP contribution in [0.25, 0.3) is 0 Å². The Kier molecular flexibility index (Phi) is 3.20. The molecule has 1 aliphatic carbocycles. The molecule has 0 bridgehead atoms. The highest BCUT2D eigenvalue weighted by atomic mass is 32.1. The van der Waals surface area contributed by atoms with Gasteiger partial charge in [0.25, 0.3) is 0 Å². The van der Waals surface area contributed by atoms with Crippen LogP contribution in [0.3, 0.4) is 0 Å². The summed E-state index contributed by atoms with van der Waals surface area (Å²) < 4.78 is 41.8. The van der Waals surface area contributed by atoms with E-state index in [9.17, 15) is 18.0 Å². The molecule has 0 aromatic carbocycles. The molecule has 2 unspecified atom stereocenters. The predicted octanol–water partition coefficient (Wildman–Crippen LogP) is 2.01. The molecule has 20 heavy (non-hydrogen) atoms. The van der Waals surface area contributed by atoms with Gasteiger partial charge < -0.3 is 10.1 Å². The minimum Gasteiger partial charge on any atom is -0.381 e. The number of alkyl halides is 3. The predicted molar refractivity (Wildman–Crippen MR) is 64.3 cm³/mol. The summed E-state index contributed by atoms with van der Waals surface area (Å²) in [5.41, 5.74) is -0.0520. The normalized spacial score (nSPS) is 28.9. The standard InChI is InChI=1S/C11H12F3N3O2S/c12-11(13,14)4-7-16-17-9(20-7)15-8(18)6-3-10(6)1-2-19-5-10/h6H,1-5H2,(H,15,17,18). The van der Waals surface area contributed by atoms with Crippen molar-refractivity contribution in [2.45, 2.75) is 25.4 Å². The molecule has 5 nitrogen and oxygen atoms in total. The first kappa shape index (κ1) is 13.7. The van der Waals surface area contributed by atoms with Crippen LogP contribution >= 0.6 is 11.3 Å². The van der Waals surface area contributed by atoms with Gasteiger partial charge in [-0.15, -0.1) is 10.2 Å². The number of amides is 1. The van der Waals surface area contributed by atoms with Crippen LogP contribution in [0, 0.1) is 11.3 Å². The topological polar surface area (TPSA) is 64.1 Å². The maximum atomic E-state index is 12.2. The van der Waals surface area contributed by atoms with Crippen molar-refractivity contribution in [3.8, 4) is 0 Å². The third-order valence-electron chi connectivity index (χ3n) is 3.69. The van der Waals surface area contributed by atoms with Gasteiger partial charge in [0.2, 0.25) is 11.0 Å². The lowest BCUT2D eigenvalue weighted by Crippen LogP contribution is -2.18. The van der Waals surface area contributed by atoms with Crippen molar-refractivity contribution in [3.63, 3.8) is 0 Å². The van der Waals surface area contributed by atoms with Crippen molar-refractivity contribution in [2.75, 3.05) is 18.5 Å². The first-order valence-electron chi connectivity index (χ1n) is 6.16. The van der Waals surface area contributed by atoms with Gasteiger partial charge in [-0.2, -0.15) is 13.2 Å². The monoisotopic (exact) mass is 307 g/mol. The SMILES string of the molecule is O=C(Nc1nnc(CC(F)(F)F)s1)C1CC12CCOC2. The number of nitrogens with one attached hydrogen (secondary N) is 1. The summed E-state index contributed by atoms with van der Waals surface area (Å²) >= 11 is 0.759. The number of carbonyl (C=O) groups excluding carboxylic acids is 1. The average molecular weight is 307 g/mol. The highest BCUT2D eigenvalue weighted by Gasteiger charge is 2.59. The molecule has 1 aliphatic heterocycles. The number of ether oxygens (including phenoxy) is 1. The molecule has 2 fully saturated rings. The van der Waals surface area contributed by atoms with E-state index in [1.807, 2.05) is 0 Å². The van der Waals surface area contributed by atoms with E-state index in [0.717, 1.165) is 24.2 Å². The molecule has 1 N–H and O–H groups in total. The minimum atomic E-state index is -4.32. The molecule has 2 heterocycles. The summed E-state index contributed by atoms with van der Waals surface area (Å²) in [6, 6.07) is 0. The highest BCUT2D eigenvalue weighted by Crippen LogP contribution is 2.58. The van der Waals surface area contributed by atoms with E-state index in [4.69, 9.17) is 4.74 Å². The summed E-state index contributed by atoms with van der Waals surface area (Å²) in [5.74, 6) is -0.329. The van der Waals surface area contributed by atoms with Crippen LogP contribution in [-0.2, 0) is 16.0 Å². The van der Waals surface area contributed by atoms with E-state index in [1.165, 1.54) is 0 Å². The second-order valence-electron chi connectivity index (χ2n) is 5.20. The fraction of sp³-hybridized carbons (Fsp3) is 0.727. The summed E-state index contributed by atoms with van der Waals surface area (Å²) in [5, 5.41) is 9.52. The van der Waals surface area contributed by atoms with Gasteiger partial charge in [-0.05, 0) is 12.8 Å². The van der Waals surface area contributed by atoms with Gasteiger partial charge in [-0.3, -0.25) is 4.79 Å². The number of nitrogens with zero attached hydrogens (tertiary/aromatic N) is 2. The molecule has 1 saturated heterocycles. The zero-order valence-electron chi connectivity index (χ0n) is 10.4. The van der Waals surface area contributed by atoms with Crippen molar-refractivity contribution in [3.05, 3.63) is 5.01 Å². The third-order valence-corrected chi connectivity index (χ3v) is 4.53. The summed E-state index contributed by atoms with van der Waals surface area (Å²) in [7, 11) is 0. The molecular formula is C11H12F3N3O2S. The summed E-state index contributed by atoms with van der Waals surface area (Å²) in [4.78, 5) is 12.0. The zero-order valence-corrected chi connectivity index (χ0v) is 11.2. The molecule has 1 aromatic heterocycles. The fourth-order valence-electron chi connectivity index (χ4n) is 2.52. The van der Waals surface area contributed by atoms with Gasteiger partial charge in [0.15, 0.2) is 0 Å². The van der Waals surface area contributed by atoms with Crippen molar-refractivity contribution >= 4 is 22.4 Å². The quantitative estimate of drug-likeness (QED) is 0.928. The van der Waals surface area contributed by atoms with E-state index in [0.29, 0.717) is 13.2 Å². The second-order valence-corrected chi connectivity index (χ2v) is 6.27. The van der Waals surface area contributed by atoms with Gasteiger partial charge in [0.05, 0.1) is 13.0 Å². The molecule has 1 aromatic rings. The van der Waals surface area contributed by atoms with E-state index >= 15 is 0 Å². The largest absolute Gasteiger partial charge is 0.395 e. The van der Waals surface area contributed by atoms with Crippen LogP contribution in [0.1, 0.15) is 17.8 Å². The van der Waals surface area contributed by atoms with Crippen LogP contribution in [-0.4, -0.2) is 35.5 Å². The first-order valence-corrected chi connectivity index (χ1v) is 6.97.